The average Bonchev–Trinajstić information content (AvgIpc) is 3.26. The first-order valence-corrected chi connectivity index (χ1v) is 8.47. The summed E-state index contributed by atoms with van der Waals surface area (Å²) >= 11 is 0. The van der Waals surface area contributed by atoms with Crippen LogP contribution in [0.25, 0.3) is 11.4 Å². The Balaban J connectivity index is 1.70. The maximum atomic E-state index is 12.5. The van der Waals surface area contributed by atoms with Crippen molar-refractivity contribution in [3.05, 3.63) is 47.3 Å². The highest BCUT2D eigenvalue weighted by Gasteiger charge is 2.13. The number of amides is 1. The quantitative estimate of drug-likeness (QED) is 0.652. The van der Waals surface area contributed by atoms with Crippen LogP contribution in [0.5, 0.6) is 0 Å². The molecule has 1 aromatic carbocycles. The number of hydrogen-bond donors (Lipinski definition) is 2. The van der Waals surface area contributed by atoms with Gasteiger partial charge in [0.15, 0.2) is 5.82 Å². The van der Waals surface area contributed by atoms with Crippen LogP contribution < -0.4 is 10.2 Å². The summed E-state index contributed by atoms with van der Waals surface area (Å²) in [6.45, 7) is 0.783. The lowest BCUT2D eigenvalue weighted by atomic mass is 10.1. The molecule has 0 aliphatic heterocycles. The Hall–Kier alpha value is -3.20. The number of ether oxygens (including phenoxy) is 1. The van der Waals surface area contributed by atoms with Crippen molar-refractivity contribution in [1.29, 1.82) is 0 Å². The molecule has 0 saturated heterocycles. The number of nitrogens with one attached hydrogen (secondary N) is 2. The van der Waals surface area contributed by atoms with Crippen LogP contribution in [0.1, 0.15) is 21.7 Å². The predicted octanol–water partition coefficient (Wildman–Crippen LogP) is 1.35. The number of methoxy groups -OCH3 is 1. The summed E-state index contributed by atoms with van der Waals surface area (Å²) in [6, 6.07) is 9.12. The monoisotopic (exact) mass is 369 g/mol. The minimum Gasteiger partial charge on any atom is -0.378 e. The highest BCUT2D eigenvalue weighted by molar-refractivity contribution is 5.95. The second-order valence-corrected chi connectivity index (χ2v) is 6.33. The van der Waals surface area contributed by atoms with Crippen LogP contribution in [0.3, 0.4) is 0 Å². The maximum absolute atomic E-state index is 12.5. The van der Waals surface area contributed by atoms with Crippen LogP contribution in [-0.2, 0) is 24.9 Å². The van der Waals surface area contributed by atoms with Crippen molar-refractivity contribution in [2.24, 2.45) is 7.05 Å². The molecule has 142 valence electrons. The lowest BCUT2D eigenvalue weighted by molar-refractivity contribution is 0.0950. The topological polar surface area (TPSA) is 101 Å². The summed E-state index contributed by atoms with van der Waals surface area (Å²) in [7, 11) is 7.27. The van der Waals surface area contributed by atoms with E-state index in [-0.39, 0.29) is 5.91 Å². The van der Waals surface area contributed by atoms with Gasteiger partial charge in [-0.25, -0.2) is 4.68 Å². The van der Waals surface area contributed by atoms with Gasteiger partial charge in [-0.05, 0) is 18.2 Å². The van der Waals surface area contributed by atoms with E-state index in [1.807, 2.05) is 44.2 Å². The molecule has 1 amide bonds. The van der Waals surface area contributed by atoms with Gasteiger partial charge in [-0.2, -0.15) is 10.1 Å². The van der Waals surface area contributed by atoms with Gasteiger partial charge < -0.3 is 15.0 Å². The van der Waals surface area contributed by atoms with Gasteiger partial charge >= 0.3 is 0 Å². The highest BCUT2D eigenvalue weighted by Crippen LogP contribution is 2.19. The molecule has 9 heteroatoms. The van der Waals surface area contributed by atoms with E-state index in [9.17, 15) is 4.79 Å². The van der Waals surface area contributed by atoms with E-state index in [1.54, 1.807) is 23.9 Å². The molecule has 2 heterocycles. The number of hydrogen-bond acceptors (Lipinski definition) is 6. The van der Waals surface area contributed by atoms with E-state index >= 15 is 0 Å². The predicted molar refractivity (Wildman–Crippen MR) is 101 cm³/mol. The lowest BCUT2D eigenvalue weighted by Gasteiger charge is -2.08. The van der Waals surface area contributed by atoms with Crippen molar-refractivity contribution in [3.8, 4) is 11.4 Å². The van der Waals surface area contributed by atoms with E-state index in [2.05, 4.69) is 25.6 Å². The third-order valence-electron chi connectivity index (χ3n) is 3.94. The van der Waals surface area contributed by atoms with Crippen molar-refractivity contribution in [1.82, 2.24) is 30.3 Å². The van der Waals surface area contributed by atoms with Gasteiger partial charge in [-0.15, -0.1) is 5.10 Å². The van der Waals surface area contributed by atoms with E-state index in [0.717, 1.165) is 22.9 Å². The van der Waals surface area contributed by atoms with Crippen LogP contribution in [-0.4, -0.2) is 52.1 Å². The second-order valence-electron chi connectivity index (χ2n) is 6.33. The number of carbonyl (C=O) groups excluding carboxylic acids is 1. The molecule has 0 spiro atoms. The minimum absolute atomic E-state index is 0.177. The zero-order valence-corrected chi connectivity index (χ0v) is 15.9. The number of rotatable bonds is 7. The largest absolute Gasteiger partial charge is 0.378 e. The summed E-state index contributed by atoms with van der Waals surface area (Å²) in [5.74, 6) is 1.14. The summed E-state index contributed by atoms with van der Waals surface area (Å²) in [5.41, 5.74) is 2.94. The van der Waals surface area contributed by atoms with Crippen molar-refractivity contribution in [2.45, 2.75) is 13.2 Å². The Bertz CT molecular complexity index is 929. The molecule has 0 aliphatic carbocycles. The number of aryl methyl sites for hydroxylation is 1. The molecular weight excluding hydrogens is 346 g/mol. The van der Waals surface area contributed by atoms with Gasteiger partial charge in [0.2, 0.25) is 5.95 Å². The SMILES string of the molecule is COCc1cc(CNC(=O)c2cccc(-c3nc(N(C)C)n(C)n3)c2)[nH]n1. The molecule has 3 rings (SSSR count). The molecule has 0 bridgehead atoms. The summed E-state index contributed by atoms with van der Waals surface area (Å²) in [5, 5.41) is 14.3. The number of benzene rings is 1. The number of nitrogens with zero attached hydrogens (tertiary/aromatic N) is 5. The van der Waals surface area contributed by atoms with Crippen LogP contribution in [0.15, 0.2) is 30.3 Å². The normalized spacial score (nSPS) is 10.8. The van der Waals surface area contributed by atoms with E-state index < -0.39 is 0 Å². The highest BCUT2D eigenvalue weighted by atomic mass is 16.5. The zero-order valence-electron chi connectivity index (χ0n) is 15.9. The van der Waals surface area contributed by atoms with Gasteiger partial charge in [0.1, 0.15) is 0 Å². The molecule has 0 fully saturated rings. The fraction of sp³-hybridized carbons (Fsp3) is 0.333. The fourth-order valence-electron chi connectivity index (χ4n) is 2.69. The number of aromatic amines is 1. The van der Waals surface area contributed by atoms with Crippen LogP contribution >= 0.6 is 0 Å². The average molecular weight is 369 g/mol. The maximum Gasteiger partial charge on any atom is 0.251 e. The van der Waals surface area contributed by atoms with Gasteiger partial charge in [0, 0.05) is 39.4 Å². The van der Waals surface area contributed by atoms with Gasteiger partial charge in [-0.1, -0.05) is 12.1 Å². The van der Waals surface area contributed by atoms with Crippen molar-refractivity contribution >= 4 is 11.9 Å². The first-order valence-electron chi connectivity index (χ1n) is 8.47. The van der Waals surface area contributed by atoms with E-state index in [4.69, 9.17) is 4.74 Å². The molecule has 0 unspecified atom stereocenters. The summed E-state index contributed by atoms with van der Waals surface area (Å²) in [4.78, 5) is 18.9. The van der Waals surface area contributed by atoms with Crippen LogP contribution in [0, 0.1) is 0 Å². The zero-order chi connectivity index (χ0) is 19.4. The van der Waals surface area contributed by atoms with E-state index in [0.29, 0.717) is 24.5 Å². The molecule has 0 radical (unpaired) electrons. The Kier molecular flexibility index (Phi) is 5.51. The van der Waals surface area contributed by atoms with Gasteiger partial charge in [-0.3, -0.25) is 9.89 Å². The second kappa shape index (κ2) is 8.00. The number of aromatic nitrogens is 5. The number of anilines is 1. The summed E-state index contributed by atoms with van der Waals surface area (Å²) in [6.07, 6.45) is 0. The van der Waals surface area contributed by atoms with Gasteiger partial charge in [0.25, 0.3) is 5.91 Å². The van der Waals surface area contributed by atoms with Crippen molar-refractivity contribution in [3.63, 3.8) is 0 Å². The van der Waals surface area contributed by atoms with Crippen molar-refractivity contribution in [2.75, 3.05) is 26.1 Å². The fourth-order valence-corrected chi connectivity index (χ4v) is 2.69. The molecule has 2 aromatic heterocycles. The Morgan fingerprint density at radius 3 is 2.85 bits per heavy atom. The molecule has 27 heavy (non-hydrogen) atoms. The molecular formula is C18H23N7O2. The van der Waals surface area contributed by atoms with E-state index in [1.165, 1.54) is 0 Å². The first kappa shape index (κ1) is 18.6. The molecule has 0 saturated carbocycles. The Morgan fingerprint density at radius 1 is 1.33 bits per heavy atom. The Labute approximate surface area is 157 Å². The van der Waals surface area contributed by atoms with Gasteiger partial charge in [0.05, 0.1) is 24.5 Å². The Morgan fingerprint density at radius 2 is 2.15 bits per heavy atom. The number of carbonyl (C=O) groups is 1. The molecule has 9 nitrogen and oxygen atoms in total. The molecule has 0 aliphatic rings. The smallest absolute Gasteiger partial charge is 0.251 e. The third kappa shape index (κ3) is 4.32. The molecule has 2 N–H and O–H groups in total. The van der Waals surface area contributed by atoms with Crippen molar-refractivity contribution < 1.29 is 9.53 Å². The first-order chi connectivity index (χ1) is 13.0. The molecule has 3 aromatic rings. The lowest BCUT2D eigenvalue weighted by Crippen LogP contribution is -2.23. The standard InChI is InChI=1S/C18H23N7O2/c1-24(2)18-20-16(23-25(18)3)12-6-5-7-13(8-12)17(26)19-10-14-9-15(11-27-4)22-21-14/h5-9H,10-11H2,1-4H3,(H,19,26)(H,21,22). The number of H-pyrrole nitrogens is 1. The minimum atomic E-state index is -0.177. The molecule has 0 atom stereocenters. The summed E-state index contributed by atoms with van der Waals surface area (Å²) < 4.78 is 6.74. The van der Waals surface area contributed by atoms with Crippen LogP contribution in [0.4, 0.5) is 5.95 Å². The third-order valence-corrected chi connectivity index (χ3v) is 3.94. The van der Waals surface area contributed by atoms with Crippen LogP contribution in [0.2, 0.25) is 0 Å².